The maximum Gasteiger partial charge on any atom is 0.337 e. The molecule has 0 amide bonds. The van der Waals surface area contributed by atoms with Crippen molar-refractivity contribution in [2.75, 3.05) is 0 Å². The van der Waals surface area contributed by atoms with Crippen molar-refractivity contribution in [3.05, 3.63) is 0 Å². The van der Waals surface area contributed by atoms with Crippen molar-refractivity contribution in [3.8, 4) is 0 Å². The topological polar surface area (TPSA) is 36.9 Å². The van der Waals surface area contributed by atoms with Gasteiger partial charge in [0.1, 0.15) is 0 Å². The van der Waals surface area contributed by atoms with Crippen LogP contribution in [0.3, 0.4) is 0 Å². The van der Waals surface area contributed by atoms with Crippen molar-refractivity contribution >= 4 is 17.1 Å². The highest BCUT2D eigenvalue weighted by Crippen LogP contribution is 2.35. The molecular formula is C19H44O4Si2. The van der Waals surface area contributed by atoms with E-state index < -0.39 is 17.1 Å². The van der Waals surface area contributed by atoms with Crippen molar-refractivity contribution in [1.29, 1.82) is 0 Å². The quantitative estimate of drug-likeness (QED) is 0.525. The highest BCUT2D eigenvalue weighted by Gasteiger charge is 2.51. The van der Waals surface area contributed by atoms with Gasteiger partial charge in [-0.3, -0.25) is 0 Å². The Hall–Kier alpha value is 0.274. The first-order valence-electron chi connectivity index (χ1n) is 9.34. The fourth-order valence-corrected chi connectivity index (χ4v) is 14.4. The maximum atomic E-state index is 6.52. The molecule has 0 saturated heterocycles. The molecule has 0 aromatic rings. The van der Waals surface area contributed by atoms with Crippen LogP contribution in [0, 0.1) is 0 Å². The van der Waals surface area contributed by atoms with Crippen LogP contribution in [0.25, 0.3) is 0 Å². The standard InChI is InChI=1S/C19H44O4Si2/c1-16(2,3)20-24(13,21-17(4,5)6)15-25(14,22-18(7,8)9)23-19(10,11)12/h15H2,1-14H3. The fourth-order valence-electron chi connectivity index (χ4n) is 3.36. The number of rotatable bonds is 6. The Kier molecular flexibility index (Phi) is 7.80. The highest BCUT2D eigenvalue weighted by molar-refractivity contribution is 6.85. The van der Waals surface area contributed by atoms with Crippen LogP contribution in [0.15, 0.2) is 0 Å². The molecule has 0 atom stereocenters. The largest absolute Gasteiger partial charge is 0.389 e. The minimum absolute atomic E-state index is 0.273. The molecule has 0 aliphatic rings. The van der Waals surface area contributed by atoms with E-state index in [9.17, 15) is 0 Å². The van der Waals surface area contributed by atoms with Crippen molar-refractivity contribution in [2.45, 2.75) is 124 Å². The van der Waals surface area contributed by atoms with E-state index in [-0.39, 0.29) is 22.4 Å². The average molecular weight is 393 g/mol. The molecule has 0 saturated carbocycles. The summed E-state index contributed by atoms with van der Waals surface area (Å²) < 4.78 is 26.1. The lowest BCUT2D eigenvalue weighted by Crippen LogP contribution is -2.59. The van der Waals surface area contributed by atoms with Crippen LogP contribution in [-0.2, 0) is 17.7 Å². The summed E-state index contributed by atoms with van der Waals surface area (Å²) in [5, 5.41) is 0. The van der Waals surface area contributed by atoms with E-state index in [4.69, 9.17) is 17.7 Å². The van der Waals surface area contributed by atoms with Gasteiger partial charge in [0, 0.05) is 5.67 Å². The second kappa shape index (κ2) is 7.72. The zero-order chi connectivity index (χ0) is 20.5. The minimum Gasteiger partial charge on any atom is -0.389 e. The van der Waals surface area contributed by atoms with Gasteiger partial charge < -0.3 is 17.7 Å². The number of hydrogen-bond acceptors (Lipinski definition) is 4. The van der Waals surface area contributed by atoms with Gasteiger partial charge >= 0.3 is 17.1 Å². The van der Waals surface area contributed by atoms with Crippen molar-refractivity contribution in [3.63, 3.8) is 0 Å². The molecule has 0 heterocycles. The summed E-state index contributed by atoms with van der Waals surface area (Å²) in [6.07, 6.45) is 0. The normalized spacial score (nSPS) is 15.6. The second-order valence-electron chi connectivity index (χ2n) is 11.3. The van der Waals surface area contributed by atoms with E-state index in [0.29, 0.717) is 0 Å². The van der Waals surface area contributed by atoms with Gasteiger partial charge in [0.2, 0.25) is 0 Å². The number of hydrogen-bond donors (Lipinski definition) is 0. The lowest BCUT2D eigenvalue weighted by molar-refractivity contribution is 0.00434. The third-order valence-corrected chi connectivity index (χ3v) is 12.0. The van der Waals surface area contributed by atoms with Gasteiger partial charge in [0.25, 0.3) is 0 Å². The smallest absolute Gasteiger partial charge is 0.337 e. The molecule has 0 unspecified atom stereocenters. The van der Waals surface area contributed by atoms with Crippen LogP contribution in [0.5, 0.6) is 0 Å². The zero-order valence-corrected chi connectivity index (χ0v) is 21.3. The Morgan fingerprint density at radius 1 is 0.440 bits per heavy atom. The Morgan fingerprint density at radius 2 is 0.600 bits per heavy atom. The lowest BCUT2D eigenvalue weighted by atomic mass is 10.2. The van der Waals surface area contributed by atoms with Crippen LogP contribution in [0.1, 0.15) is 83.1 Å². The van der Waals surface area contributed by atoms with Crippen molar-refractivity contribution < 1.29 is 17.7 Å². The third-order valence-electron chi connectivity index (χ3n) is 2.73. The summed E-state index contributed by atoms with van der Waals surface area (Å²) in [6, 6.07) is 0. The summed E-state index contributed by atoms with van der Waals surface area (Å²) in [6.45, 7) is 29.3. The molecule has 0 N–H and O–H groups in total. The molecule has 0 aromatic heterocycles. The molecule has 4 nitrogen and oxygen atoms in total. The molecule has 6 heteroatoms. The first-order valence-corrected chi connectivity index (χ1v) is 14.4. The van der Waals surface area contributed by atoms with Gasteiger partial charge in [-0.1, -0.05) is 0 Å². The Labute approximate surface area is 159 Å². The fraction of sp³-hybridized carbons (Fsp3) is 1.00. The van der Waals surface area contributed by atoms with Crippen molar-refractivity contribution in [2.24, 2.45) is 0 Å². The second-order valence-corrected chi connectivity index (χ2v) is 18.1. The zero-order valence-electron chi connectivity index (χ0n) is 19.3. The van der Waals surface area contributed by atoms with Crippen LogP contribution in [0.4, 0.5) is 0 Å². The Morgan fingerprint density at radius 3 is 0.720 bits per heavy atom. The molecule has 25 heavy (non-hydrogen) atoms. The van der Waals surface area contributed by atoms with E-state index in [0.717, 1.165) is 5.67 Å². The van der Waals surface area contributed by atoms with Gasteiger partial charge in [-0.2, -0.15) is 0 Å². The maximum absolute atomic E-state index is 6.52. The van der Waals surface area contributed by atoms with Gasteiger partial charge in [-0.05, 0) is 96.2 Å². The van der Waals surface area contributed by atoms with Crippen LogP contribution < -0.4 is 0 Å². The Balaban J connectivity index is 5.79. The predicted molar refractivity (Wildman–Crippen MR) is 111 cm³/mol. The van der Waals surface area contributed by atoms with Crippen LogP contribution in [-0.4, -0.2) is 39.5 Å². The Bertz CT molecular complexity index is 351. The van der Waals surface area contributed by atoms with Crippen molar-refractivity contribution in [1.82, 2.24) is 0 Å². The van der Waals surface area contributed by atoms with E-state index in [1.807, 2.05) is 0 Å². The SMILES string of the molecule is CC(C)(C)O[Si](C)(C[Si](C)(OC(C)(C)C)OC(C)(C)C)OC(C)(C)C. The summed E-state index contributed by atoms with van der Waals surface area (Å²) in [7, 11) is -5.09. The monoisotopic (exact) mass is 392 g/mol. The lowest BCUT2D eigenvalue weighted by Gasteiger charge is -2.45. The van der Waals surface area contributed by atoms with E-state index in [1.54, 1.807) is 0 Å². The molecule has 0 aliphatic heterocycles. The predicted octanol–water partition coefficient (Wildman–Crippen LogP) is 5.93. The molecule has 0 aliphatic carbocycles. The van der Waals surface area contributed by atoms with E-state index in [1.165, 1.54) is 0 Å². The van der Waals surface area contributed by atoms with Gasteiger partial charge in [-0.15, -0.1) is 0 Å². The summed E-state index contributed by atoms with van der Waals surface area (Å²) >= 11 is 0. The van der Waals surface area contributed by atoms with E-state index in [2.05, 4.69) is 96.2 Å². The van der Waals surface area contributed by atoms with Crippen LogP contribution >= 0.6 is 0 Å². The molecular weight excluding hydrogens is 348 g/mol. The summed E-state index contributed by atoms with van der Waals surface area (Å²) in [4.78, 5) is 0. The molecule has 0 fully saturated rings. The molecule has 0 rings (SSSR count). The van der Waals surface area contributed by atoms with Crippen LogP contribution in [0.2, 0.25) is 18.8 Å². The molecule has 152 valence electrons. The summed E-state index contributed by atoms with van der Waals surface area (Å²) in [5.41, 5.74) is -0.366. The van der Waals surface area contributed by atoms with Gasteiger partial charge in [0.05, 0.1) is 22.4 Å². The molecule has 0 bridgehead atoms. The first kappa shape index (κ1) is 25.3. The third kappa shape index (κ3) is 13.1. The minimum atomic E-state index is -2.54. The molecule has 0 radical (unpaired) electrons. The summed E-state index contributed by atoms with van der Waals surface area (Å²) in [5.74, 6) is 0. The van der Waals surface area contributed by atoms with Gasteiger partial charge in [0.15, 0.2) is 0 Å². The first-order chi connectivity index (χ1) is 10.5. The average Bonchev–Trinajstić information content (AvgIpc) is 1.97. The highest BCUT2D eigenvalue weighted by atomic mass is 28.4. The molecule has 0 spiro atoms. The van der Waals surface area contributed by atoms with E-state index >= 15 is 0 Å². The molecule has 0 aromatic carbocycles. The van der Waals surface area contributed by atoms with Gasteiger partial charge in [-0.25, -0.2) is 0 Å².